The molecular formula is C33H42FN3O5Si. The molecule has 4 aliphatic heterocycles. The van der Waals surface area contributed by atoms with E-state index in [9.17, 15) is 19.5 Å². The van der Waals surface area contributed by atoms with Crippen LogP contribution in [0.15, 0.2) is 42.5 Å². The maximum Gasteiger partial charge on any atom is 0.264 e. The Morgan fingerprint density at radius 3 is 2.12 bits per heavy atom. The molecule has 4 aliphatic rings. The van der Waals surface area contributed by atoms with Gasteiger partial charge in [-0.15, -0.1) is 0 Å². The minimum Gasteiger partial charge on any atom is -0.396 e. The molecule has 1 N–H and O–H groups in total. The van der Waals surface area contributed by atoms with Crippen LogP contribution in [0.25, 0.3) is 0 Å². The molecule has 3 fully saturated rings. The lowest BCUT2D eigenvalue weighted by Crippen LogP contribution is -2.45. The molecule has 8 nitrogen and oxygen atoms in total. The zero-order valence-corrected chi connectivity index (χ0v) is 26.4. The summed E-state index contributed by atoms with van der Waals surface area (Å²) < 4.78 is 22.6. The van der Waals surface area contributed by atoms with Gasteiger partial charge in [0.15, 0.2) is 5.60 Å². The molecule has 3 saturated heterocycles. The summed E-state index contributed by atoms with van der Waals surface area (Å²) in [6, 6.07) is 13.4. The maximum absolute atomic E-state index is 15.9. The number of ether oxygens (including phenoxy) is 1. The van der Waals surface area contributed by atoms with E-state index in [1.807, 2.05) is 54.3 Å². The normalized spacial score (nSPS) is 27.9. The first kappa shape index (κ1) is 30.0. The van der Waals surface area contributed by atoms with E-state index in [0.717, 1.165) is 42.6 Å². The zero-order chi connectivity index (χ0) is 30.5. The number of amides is 3. The predicted molar refractivity (Wildman–Crippen MR) is 166 cm³/mol. The number of carbonyl (C=O) groups is 3. The number of rotatable bonds is 7. The summed E-state index contributed by atoms with van der Waals surface area (Å²) in [5.74, 6) is -0.517. The minimum absolute atomic E-state index is 0.0578. The van der Waals surface area contributed by atoms with Crippen molar-refractivity contribution in [3.63, 3.8) is 0 Å². The van der Waals surface area contributed by atoms with Crippen LogP contribution in [-0.2, 0) is 31.3 Å². The van der Waals surface area contributed by atoms with Crippen molar-refractivity contribution >= 4 is 43.2 Å². The second-order valence-electron chi connectivity index (χ2n) is 13.0. The molecule has 0 aliphatic carbocycles. The molecule has 3 amide bonds. The fraction of sp³-hybridized carbons (Fsp3) is 0.545. The van der Waals surface area contributed by atoms with Gasteiger partial charge in [0.2, 0.25) is 20.2 Å². The lowest BCUT2D eigenvalue weighted by atomic mass is 9.82. The molecule has 2 aromatic rings. The van der Waals surface area contributed by atoms with E-state index in [1.165, 1.54) is 0 Å². The van der Waals surface area contributed by atoms with E-state index in [4.69, 9.17) is 4.74 Å². The highest BCUT2D eigenvalue weighted by atomic mass is 28.4. The molecule has 230 valence electrons. The van der Waals surface area contributed by atoms with Gasteiger partial charge in [0.25, 0.3) is 5.91 Å². The number of benzene rings is 2. The highest BCUT2D eigenvalue weighted by molar-refractivity contribution is 6.72. The van der Waals surface area contributed by atoms with Gasteiger partial charge >= 0.3 is 0 Å². The highest BCUT2D eigenvalue weighted by Crippen LogP contribution is 2.60. The zero-order valence-electron chi connectivity index (χ0n) is 25.4. The first-order valence-electron chi connectivity index (χ1n) is 15.7. The van der Waals surface area contributed by atoms with Crippen LogP contribution in [0.2, 0.25) is 18.6 Å². The van der Waals surface area contributed by atoms with Gasteiger partial charge in [-0.3, -0.25) is 14.4 Å². The number of fused-ring (bicyclic) bond motifs is 2. The van der Waals surface area contributed by atoms with Crippen LogP contribution < -0.4 is 14.7 Å². The number of hydrogen-bond acceptors (Lipinski definition) is 5. The molecule has 6 rings (SSSR count). The second-order valence-corrected chi connectivity index (χ2v) is 16.8. The van der Waals surface area contributed by atoms with Gasteiger partial charge in [-0.2, -0.15) is 0 Å². The molecule has 0 radical (unpaired) electrons. The van der Waals surface area contributed by atoms with Gasteiger partial charge in [-0.25, -0.2) is 0 Å². The van der Waals surface area contributed by atoms with Gasteiger partial charge in [0, 0.05) is 60.9 Å². The first-order chi connectivity index (χ1) is 20.6. The first-order valence-corrected chi connectivity index (χ1v) is 18.7. The van der Waals surface area contributed by atoms with Crippen molar-refractivity contribution in [2.75, 3.05) is 34.4 Å². The molecule has 0 saturated carbocycles. The van der Waals surface area contributed by atoms with Crippen LogP contribution in [0.1, 0.15) is 63.0 Å². The number of nitrogens with zero attached hydrogens (tertiary/aromatic N) is 3. The summed E-state index contributed by atoms with van der Waals surface area (Å²) >= 11 is 0. The van der Waals surface area contributed by atoms with Crippen molar-refractivity contribution in [1.29, 1.82) is 0 Å². The van der Waals surface area contributed by atoms with Gasteiger partial charge < -0.3 is 28.7 Å². The average Bonchev–Trinajstić information content (AvgIpc) is 3.40. The quantitative estimate of drug-likeness (QED) is 0.335. The van der Waals surface area contributed by atoms with Crippen LogP contribution in [-0.4, -0.2) is 57.0 Å². The summed E-state index contributed by atoms with van der Waals surface area (Å²) in [6.07, 6.45) is 4.38. The van der Waals surface area contributed by atoms with E-state index in [0.29, 0.717) is 37.2 Å². The molecule has 2 aromatic carbocycles. The predicted octanol–water partition coefficient (Wildman–Crippen LogP) is 5.42. The molecule has 10 heteroatoms. The Kier molecular flexibility index (Phi) is 7.98. The molecule has 0 bridgehead atoms. The Morgan fingerprint density at radius 2 is 1.53 bits per heavy atom. The Morgan fingerprint density at radius 1 is 0.930 bits per heavy atom. The highest BCUT2D eigenvalue weighted by Gasteiger charge is 2.66. The van der Waals surface area contributed by atoms with Crippen molar-refractivity contribution in [3.05, 3.63) is 53.6 Å². The van der Waals surface area contributed by atoms with Crippen LogP contribution in [0, 0.1) is 5.92 Å². The largest absolute Gasteiger partial charge is 0.396 e. The number of hydrogen-bond donors (Lipinski definition) is 1. The van der Waals surface area contributed by atoms with Crippen LogP contribution in [0.5, 0.6) is 0 Å². The summed E-state index contributed by atoms with van der Waals surface area (Å²) in [5.41, 5.74) is 1.94. The molecule has 43 heavy (non-hydrogen) atoms. The van der Waals surface area contributed by atoms with Gasteiger partial charge in [-0.1, -0.05) is 19.1 Å². The Balaban J connectivity index is 1.39. The van der Waals surface area contributed by atoms with Crippen molar-refractivity contribution in [2.45, 2.75) is 88.8 Å². The van der Waals surface area contributed by atoms with Crippen molar-refractivity contribution in [2.24, 2.45) is 5.92 Å². The van der Waals surface area contributed by atoms with Gasteiger partial charge in [-0.05, 0) is 81.1 Å². The summed E-state index contributed by atoms with van der Waals surface area (Å²) in [7, 11) is -3.32. The molecular weight excluding hydrogens is 565 g/mol. The third-order valence-electron chi connectivity index (χ3n) is 9.91. The summed E-state index contributed by atoms with van der Waals surface area (Å²) in [5, 5.41) is 9.86. The number of aliphatic hydroxyl groups is 1. The van der Waals surface area contributed by atoms with E-state index >= 15 is 4.11 Å². The number of aliphatic hydroxyl groups excluding tert-OH is 1. The molecule has 4 atom stereocenters. The van der Waals surface area contributed by atoms with Crippen molar-refractivity contribution in [3.8, 4) is 0 Å². The van der Waals surface area contributed by atoms with E-state index in [1.54, 1.807) is 22.9 Å². The summed E-state index contributed by atoms with van der Waals surface area (Å²) in [6.45, 7) is 6.65. The third-order valence-corrected chi connectivity index (χ3v) is 12.4. The molecule has 0 unspecified atom stereocenters. The fourth-order valence-electron chi connectivity index (χ4n) is 7.88. The monoisotopic (exact) mass is 607 g/mol. The number of piperidine rings is 2. The SMILES string of the molecule is C[C@@H]1[C@@H]([Si](C)(C)F)[C@H](CCO)O[C@@]12C(=O)N(Cc1ccc(N3CCCCC3=O)cc1)c1ccc(N3CCCCC3=O)cc12. The topological polar surface area (TPSA) is 90.4 Å². The Hall–Kier alpha value is -3.08. The maximum atomic E-state index is 15.9. The lowest BCUT2D eigenvalue weighted by Gasteiger charge is -2.32. The fourth-order valence-corrected chi connectivity index (χ4v) is 10.4. The number of carbonyl (C=O) groups excluding carboxylic acids is 3. The third kappa shape index (κ3) is 5.11. The van der Waals surface area contributed by atoms with Crippen LogP contribution in [0.4, 0.5) is 21.2 Å². The van der Waals surface area contributed by atoms with Crippen LogP contribution in [0.3, 0.4) is 0 Å². The Bertz CT molecular complexity index is 1410. The Labute approximate surface area is 254 Å². The molecule has 4 heterocycles. The molecule has 1 spiro atoms. The van der Waals surface area contributed by atoms with E-state index < -0.39 is 31.6 Å². The van der Waals surface area contributed by atoms with Crippen molar-refractivity contribution in [1.82, 2.24) is 0 Å². The van der Waals surface area contributed by atoms with Crippen LogP contribution >= 0.6 is 0 Å². The second kappa shape index (κ2) is 11.4. The standard InChI is InChI=1S/C33H42FN3O5Si/c1-22-31(43(2,3)34)28(16-19-38)42-33(22)26-20-25(36-18-7-5-9-30(36)40)14-15-27(26)37(32(33)41)21-23-10-12-24(13-11-23)35-17-6-4-8-29(35)39/h10-15,20,22,28,31,38H,4-9,16-19,21H2,1-3H3/t22-,28+,31-,33+/m1/s1. The van der Waals surface area contributed by atoms with E-state index in [-0.39, 0.29) is 37.3 Å². The lowest BCUT2D eigenvalue weighted by molar-refractivity contribution is -0.146. The smallest absolute Gasteiger partial charge is 0.264 e. The van der Waals surface area contributed by atoms with Gasteiger partial charge in [0.05, 0.1) is 18.3 Å². The summed E-state index contributed by atoms with van der Waals surface area (Å²) in [4.78, 5) is 45.2. The number of halogens is 1. The minimum atomic E-state index is -3.32. The van der Waals surface area contributed by atoms with Gasteiger partial charge in [0.1, 0.15) is 0 Å². The van der Waals surface area contributed by atoms with E-state index in [2.05, 4.69) is 0 Å². The van der Waals surface area contributed by atoms with Crippen molar-refractivity contribution < 1.29 is 28.3 Å². The average molecular weight is 608 g/mol. The molecule has 0 aromatic heterocycles. The number of anilines is 3.